The maximum absolute atomic E-state index is 11.3. The van der Waals surface area contributed by atoms with E-state index in [-0.39, 0.29) is 0 Å². The van der Waals surface area contributed by atoms with Crippen molar-refractivity contribution in [3.05, 3.63) is 0 Å². The number of ether oxygens (including phenoxy) is 2. The standard InChI is InChI=1S/C10H16O4/c1-3-5-7-9(11)14-8(6-4-2)10(12)13-7/h7-8H,3-6H2,1-2H3. The number of hydrogen-bond donors (Lipinski definition) is 0. The maximum atomic E-state index is 11.3. The van der Waals surface area contributed by atoms with Crippen LogP contribution in [0, 0.1) is 0 Å². The van der Waals surface area contributed by atoms with E-state index in [2.05, 4.69) is 0 Å². The highest BCUT2D eigenvalue weighted by atomic mass is 16.6. The third kappa shape index (κ3) is 2.47. The molecule has 1 saturated heterocycles. The lowest BCUT2D eigenvalue weighted by Crippen LogP contribution is -2.43. The van der Waals surface area contributed by atoms with Gasteiger partial charge in [-0.2, -0.15) is 0 Å². The first kappa shape index (κ1) is 11.0. The van der Waals surface area contributed by atoms with E-state index < -0.39 is 24.1 Å². The van der Waals surface area contributed by atoms with Crippen LogP contribution in [0.4, 0.5) is 0 Å². The van der Waals surface area contributed by atoms with Crippen molar-refractivity contribution in [1.82, 2.24) is 0 Å². The Bertz CT molecular complexity index is 200. The Morgan fingerprint density at radius 1 is 0.929 bits per heavy atom. The van der Waals surface area contributed by atoms with Gasteiger partial charge in [-0.05, 0) is 12.8 Å². The second-order valence-electron chi connectivity index (χ2n) is 3.43. The molecule has 1 aliphatic heterocycles. The summed E-state index contributed by atoms with van der Waals surface area (Å²) in [6.45, 7) is 3.86. The summed E-state index contributed by atoms with van der Waals surface area (Å²) >= 11 is 0. The van der Waals surface area contributed by atoms with Crippen molar-refractivity contribution < 1.29 is 19.1 Å². The molecule has 4 heteroatoms. The van der Waals surface area contributed by atoms with Crippen LogP contribution in [0.5, 0.6) is 0 Å². The summed E-state index contributed by atoms with van der Waals surface area (Å²) in [6.07, 6.45) is 1.32. The molecule has 0 aromatic rings. The quantitative estimate of drug-likeness (QED) is 0.644. The molecule has 0 aromatic heterocycles. The first-order chi connectivity index (χ1) is 6.69. The molecule has 2 atom stereocenters. The molecular formula is C10H16O4. The fourth-order valence-electron chi connectivity index (χ4n) is 1.41. The van der Waals surface area contributed by atoms with Crippen molar-refractivity contribution in [2.75, 3.05) is 0 Å². The fourth-order valence-corrected chi connectivity index (χ4v) is 1.41. The van der Waals surface area contributed by atoms with Gasteiger partial charge in [-0.1, -0.05) is 26.7 Å². The van der Waals surface area contributed by atoms with Gasteiger partial charge in [0.2, 0.25) is 0 Å². The largest absolute Gasteiger partial charge is 0.448 e. The lowest BCUT2D eigenvalue weighted by Gasteiger charge is -2.26. The minimum absolute atomic E-state index is 0.398. The summed E-state index contributed by atoms with van der Waals surface area (Å²) < 4.78 is 9.98. The van der Waals surface area contributed by atoms with E-state index in [9.17, 15) is 9.59 Å². The van der Waals surface area contributed by atoms with Crippen LogP contribution >= 0.6 is 0 Å². The van der Waals surface area contributed by atoms with Crippen molar-refractivity contribution in [2.24, 2.45) is 0 Å². The van der Waals surface area contributed by atoms with E-state index >= 15 is 0 Å². The molecule has 0 saturated carbocycles. The lowest BCUT2D eigenvalue weighted by atomic mass is 10.1. The number of hydrogen-bond acceptors (Lipinski definition) is 4. The molecular weight excluding hydrogens is 184 g/mol. The molecule has 0 amide bonds. The van der Waals surface area contributed by atoms with Crippen LogP contribution in [0.25, 0.3) is 0 Å². The van der Waals surface area contributed by atoms with Crippen molar-refractivity contribution in [3.8, 4) is 0 Å². The van der Waals surface area contributed by atoms with Crippen LogP contribution in [0.15, 0.2) is 0 Å². The molecule has 1 rings (SSSR count). The monoisotopic (exact) mass is 200 g/mol. The van der Waals surface area contributed by atoms with Gasteiger partial charge < -0.3 is 9.47 Å². The van der Waals surface area contributed by atoms with Gasteiger partial charge in [-0.15, -0.1) is 0 Å². The summed E-state index contributed by atoms with van der Waals surface area (Å²) in [6, 6.07) is 0. The average molecular weight is 200 g/mol. The molecule has 0 aromatic carbocycles. The minimum atomic E-state index is -0.680. The first-order valence-electron chi connectivity index (χ1n) is 5.10. The van der Waals surface area contributed by atoms with Gasteiger partial charge in [0.25, 0.3) is 0 Å². The van der Waals surface area contributed by atoms with Gasteiger partial charge in [0, 0.05) is 0 Å². The van der Waals surface area contributed by atoms with Crippen LogP contribution in [0.2, 0.25) is 0 Å². The van der Waals surface area contributed by atoms with Crippen molar-refractivity contribution >= 4 is 11.9 Å². The molecule has 14 heavy (non-hydrogen) atoms. The van der Waals surface area contributed by atoms with Gasteiger partial charge in [0.15, 0.2) is 12.2 Å². The van der Waals surface area contributed by atoms with E-state index in [1.165, 1.54) is 0 Å². The molecule has 2 unspecified atom stereocenters. The Morgan fingerprint density at radius 2 is 1.29 bits per heavy atom. The summed E-state index contributed by atoms with van der Waals surface area (Å²) in [5, 5.41) is 0. The molecule has 0 bridgehead atoms. The summed E-state index contributed by atoms with van der Waals surface area (Å²) in [5.41, 5.74) is 0. The van der Waals surface area contributed by atoms with Gasteiger partial charge >= 0.3 is 11.9 Å². The molecule has 1 aliphatic rings. The minimum Gasteiger partial charge on any atom is -0.448 e. The predicted octanol–water partition coefficient (Wildman–Crippen LogP) is 1.42. The fraction of sp³-hybridized carbons (Fsp3) is 0.800. The summed E-state index contributed by atoms with van der Waals surface area (Å²) in [5.74, 6) is -0.796. The Labute approximate surface area is 83.6 Å². The van der Waals surface area contributed by atoms with Crippen LogP contribution < -0.4 is 0 Å². The Balaban J connectivity index is 2.53. The number of carbonyl (C=O) groups excluding carboxylic acids is 2. The molecule has 0 radical (unpaired) electrons. The van der Waals surface area contributed by atoms with Crippen LogP contribution in [0.1, 0.15) is 39.5 Å². The highest BCUT2D eigenvalue weighted by Gasteiger charge is 2.36. The van der Waals surface area contributed by atoms with Gasteiger partial charge in [0.05, 0.1) is 0 Å². The predicted molar refractivity (Wildman–Crippen MR) is 49.6 cm³/mol. The van der Waals surface area contributed by atoms with Gasteiger partial charge in [-0.3, -0.25) is 0 Å². The SMILES string of the molecule is CCCC1OC(=O)C(CCC)OC1=O. The molecule has 80 valence electrons. The zero-order valence-electron chi connectivity index (χ0n) is 8.62. The van der Waals surface area contributed by atoms with Gasteiger partial charge in [-0.25, -0.2) is 9.59 Å². The third-order valence-electron chi connectivity index (χ3n) is 2.14. The van der Waals surface area contributed by atoms with Crippen LogP contribution in [-0.2, 0) is 19.1 Å². The van der Waals surface area contributed by atoms with Crippen LogP contribution in [-0.4, -0.2) is 24.1 Å². The van der Waals surface area contributed by atoms with Crippen molar-refractivity contribution in [2.45, 2.75) is 51.7 Å². The Kier molecular flexibility index (Phi) is 3.92. The number of rotatable bonds is 4. The van der Waals surface area contributed by atoms with Gasteiger partial charge in [0.1, 0.15) is 0 Å². The van der Waals surface area contributed by atoms with E-state index in [4.69, 9.17) is 9.47 Å². The molecule has 0 spiro atoms. The third-order valence-corrected chi connectivity index (χ3v) is 2.14. The van der Waals surface area contributed by atoms with E-state index in [0.29, 0.717) is 12.8 Å². The van der Waals surface area contributed by atoms with E-state index in [1.54, 1.807) is 0 Å². The molecule has 0 N–H and O–H groups in total. The number of carbonyl (C=O) groups is 2. The van der Waals surface area contributed by atoms with Crippen molar-refractivity contribution in [3.63, 3.8) is 0 Å². The second kappa shape index (κ2) is 4.98. The normalized spacial score (nSPS) is 27.0. The molecule has 4 nitrogen and oxygen atoms in total. The van der Waals surface area contributed by atoms with Crippen LogP contribution in [0.3, 0.4) is 0 Å². The lowest BCUT2D eigenvalue weighted by molar-refractivity contribution is -0.195. The highest BCUT2D eigenvalue weighted by Crippen LogP contribution is 2.17. The summed E-state index contributed by atoms with van der Waals surface area (Å²) in [4.78, 5) is 22.6. The zero-order valence-corrected chi connectivity index (χ0v) is 8.62. The average Bonchev–Trinajstić information content (AvgIpc) is 2.14. The van der Waals surface area contributed by atoms with Crippen molar-refractivity contribution in [1.29, 1.82) is 0 Å². The zero-order chi connectivity index (χ0) is 10.6. The molecule has 0 aliphatic carbocycles. The smallest absolute Gasteiger partial charge is 0.348 e. The maximum Gasteiger partial charge on any atom is 0.348 e. The first-order valence-corrected chi connectivity index (χ1v) is 5.10. The summed E-state index contributed by atoms with van der Waals surface area (Å²) in [7, 11) is 0. The van der Waals surface area contributed by atoms with E-state index in [1.807, 2.05) is 13.8 Å². The number of esters is 2. The second-order valence-corrected chi connectivity index (χ2v) is 3.43. The Morgan fingerprint density at radius 3 is 1.57 bits per heavy atom. The molecule has 1 heterocycles. The Hall–Kier alpha value is -1.06. The van der Waals surface area contributed by atoms with E-state index in [0.717, 1.165) is 12.8 Å². The topological polar surface area (TPSA) is 52.6 Å². The molecule has 1 fully saturated rings. The number of cyclic esters (lactones) is 2. The highest BCUT2D eigenvalue weighted by molar-refractivity contribution is 5.87.